The first-order valence-corrected chi connectivity index (χ1v) is 3.12. The number of hydrogen-bond acceptors (Lipinski definition) is 3. The standard InChI is InChI=1S/C6H13NO3/c1-5(2)4-10-6(8)7-9-3/h5H,4H2,1-3H3,(H,7,8). The van der Waals surface area contributed by atoms with Gasteiger partial charge in [-0.25, -0.2) is 4.79 Å². The van der Waals surface area contributed by atoms with E-state index in [1.807, 2.05) is 19.3 Å². The zero-order chi connectivity index (χ0) is 7.98. The van der Waals surface area contributed by atoms with E-state index in [0.717, 1.165) is 0 Å². The molecule has 0 aromatic carbocycles. The molecule has 4 nitrogen and oxygen atoms in total. The van der Waals surface area contributed by atoms with E-state index in [9.17, 15) is 4.79 Å². The molecule has 0 aromatic rings. The summed E-state index contributed by atoms with van der Waals surface area (Å²) < 4.78 is 4.67. The van der Waals surface area contributed by atoms with E-state index >= 15 is 0 Å². The van der Waals surface area contributed by atoms with Gasteiger partial charge in [-0.3, -0.25) is 4.84 Å². The third-order valence-electron chi connectivity index (χ3n) is 0.733. The molecule has 0 heterocycles. The van der Waals surface area contributed by atoms with E-state index in [2.05, 4.69) is 9.57 Å². The highest BCUT2D eigenvalue weighted by molar-refractivity contribution is 5.65. The van der Waals surface area contributed by atoms with Crippen LogP contribution in [0.25, 0.3) is 0 Å². The van der Waals surface area contributed by atoms with Gasteiger partial charge >= 0.3 is 6.09 Å². The molecule has 10 heavy (non-hydrogen) atoms. The topological polar surface area (TPSA) is 47.6 Å². The van der Waals surface area contributed by atoms with Crippen LogP contribution in [0.4, 0.5) is 4.79 Å². The molecule has 0 rings (SSSR count). The van der Waals surface area contributed by atoms with Gasteiger partial charge in [0.1, 0.15) is 0 Å². The molecule has 0 aliphatic carbocycles. The van der Waals surface area contributed by atoms with Crippen LogP contribution in [0, 0.1) is 5.92 Å². The summed E-state index contributed by atoms with van der Waals surface area (Å²) in [6, 6.07) is 0. The molecule has 0 radical (unpaired) electrons. The lowest BCUT2D eigenvalue weighted by Crippen LogP contribution is -2.24. The number of hydrogen-bond donors (Lipinski definition) is 1. The Hall–Kier alpha value is -0.770. The van der Waals surface area contributed by atoms with Crippen molar-refractivity contribution in [2.24, 2.45) is 5.92 Å². The van der Waals surface area contributed by atoms with Gasteiger partial charge in [-0.1, -0.05) is 13.8 Å². The molecule has 1 amide bonds. The predicted molar refractivity (Wildman–Crippen MR) is 36.3 cm³/mol. The van der Waals surface area contributed by atoms with Crippen LogP contribution < -0.4 is 5.48 Å². The van der Waals surface area contributed by atoms with Crippen LogP contribution in [0.2, 0.25) is 0 Å². The van der Waals surface area contributed by atoms with Crippen LogP contribution >= 0.6 is 0 Å². The van der Waals surface area contributed by atoms with E-state index in [1.165, 1.54) is 7.11 Å². The predicted octanol–water partition coefficient (Wildman–Crippen LogP) is 0.930. The van der Waals surface area contributed by atoms with Gasteiger partial charge in [-0.15, -0.1) is 0 Å². The summed E-state index contributed by atoms with van der Waals surface area (Å²) in [6.07, 6.45) is -0.545. The Balaban J connectivity index is 3.22. The molecular formula is C6H13NO3. The van der Waals surface area contributed by atoms with Crippen molar-refractivity contribution in [3.8, 4) is 0 Å². The first-order chi connectivity index (χ1) is 4.66. The van der Waals surface area contributed by atoms with E-state index < -0.39 is 6.09 Å². The Kier molecular flexibility index (Phi) is 4.66. The maximum absolute atomic E-state index is 10.5. The quantitative estimate of drug-likeness (QED) is 0.604. The summed E-state index contributed by atoms with van der Waals surface area (Å²) in [5.41, 5.74) is 2.04. The molecule has 0 unspecified atom stereocenters. The largest absolute Gasteiger partial charge is 0.448 e. The zero-order valence-corrected chi connectivity index (χ0v) is 6.51. The number of hydroxylamine groups is 1. The summed E-state index contributed by atoms with van der Waals surface area (Å²) in [4.78, 5) is 14.8. The fourth-order valence-corrected chi connectivity index (χ4v) is 0.355. The Labute approximate surface area is 60.5 Å². The van der Waals surface area contributed by atoms with E-state index in [4.69, 9.17) is 0 Å². The van der Waals surface area contributed by atoms with Crippen LogP contribution in [0.15, 0.2) is 0 Å². The maximum atomic E-state index is 10.5. The monoisotopic (exact) mass is 147 g/mol. The van der Waals surface area contributed by atoms with Crippen molar-refractivity contribution in [2.75, 3.05) is 13.7 Å². The maximum Gasteiger partial charge on any atom is 0.431 e. The molecule has 0 spiro atoms. The molecular weight excluding hydrogens is 134 g/mol. The van der Waals surface area contributed by atoms with Crippen LogP contribution in [-0.2, 0) is 9.57 Å². The van der Waals surface area contributed by atoms with Crippen LogP contribution in [-0.4, -0.2) is 19.8 Å². The van der Waals surface area contributed by atoms with Gasteiger partial charge in [0.15, 0.2) is 0 Å². The highest BCUT2D eigenvalue weighted by Gasteiger charge is 2.00. The Bertz CT molecular complexity index is 103. The minimum Gasteiger partial charge on any atom is -0.448 e. The van der Waals surface area contributed by atoms with E-state index in [-0.39, 0.29) is 0 Å². The molecule has 0 saturated carbocycles. The smallest absolute Gasteiger partial charge is 0.431 e. The van der Waals surface area contributed by atoms with Crippen LogP contribution in [0.5, 0.6) is 0 Å². The van der Waals surface area contributed by atoms with Crippen molar-refractivity contribution in [2.45, 2.75) is 13.8 Å². The number of carbonyl (C=O) groups excluding carboxylic acids is 1. The minimum atomic E-state index is -0.545. The van der Waals surface area contributed by atoms with Gasteiger partial charge < -0.3 is 4.74 Å². The van der Waals surface area contributed by atoms with Gasteiger partial charge in [-0.05, 0) is 5.92 Å². The van der Waals surface area contributed by atoms with Crippen LogP contribution in [0.3, 0.4) is 0 Å². The fraction of sp³-hybridized carbons (Fsp3) is 0.833. The Morgan fingerprint density at radius 2 is 2.20 bits per heavy atom. The normalized spacial score (nSPS) is 9.60. The summed E-state index contributed by atoms with van der Waals surface area (Å²) in [5, 5.41) is 0. The summed E-state index contributed by atoms with van der Waals surface area (Å²) >= 11 is 0. The van der Waals surface area contributed by atoms with Crippen molar-refractivity contribution < 1.29 is 14.4 Å². The molecule has 0 fully saturated rings. The zero-order valence-electron chi connectivity index (χ0n) is 6.51. The molecule has 4 heteroatoms. The second-order valence-corrected chi connectivity index (χ2v) is 2.30. The molecule has 0 aromatic heterocycles. The van der Waals surface area contributed by atoms with E-state index in [0.29, 0.717) is 12.5 Å². The molecule has 0 bridgehead atoms. The third-order valence-corrected chi connectivity index (χ3v) is 0.733. The molecule has 0 saturated heterocycles. The second kappa shape index (κ2) is 5.05. The first-order valence-electron chi connectivity index (χ1n) is 3.12. The van der Waals surface area contributed by atoms with Gasteiger partial charge in [0.25, 0.3) is 0 Å². The first kappa shape index (κ1) is 9.23. The highest BCUT2D eigenvalue weighted by atomic mass is 16.7. The average Bonchev–Trinajstić information content (AvgIpc) is 1.85. The van der Waals surface area contributed by atoms with Gasteiger partial charge in [0, 0.05) is 0 Å². The summed E-state index contributed by atoms with van der Waals surface area (Å²) in [5.74, 6) is 0.350. The molecule has 60 valence electrons. The van der Waals surface area contributed by atoms with Gasteiger partial charge in [0.2, 0.25) is 0 Å². The lowest BCUT2D eigenvalue weighted by Gasteiger charge is -2.06. The van der Waals surface area contributed by atoms with Crippen LogP contribution in [0.1, 0.15) is 13.8 Å². The van der Waals surface area contributed by atoms with Crippen molar-refractivity contribution in [3.63, 3.8) is 0 Å². The minimum absolute atomic E-state index is 0.350. The molecule has 0 aliphatic heterocycles. The second-order valence-electron chi connectivity index (χ2n) is 2.30. The Morgan fingerprint density at radius 3 is 2.60 bits per heavy atom. The lowest BCUT2D eigenvalue weighted by atomic mass is 10.2. The molecule has 0 aliphatic rings. The SMILES string of the molecule is CONC(=O)OCC(C)C. The van der Waals surface area contributed by atoms with Crippen molar-refractivity contribution in [1.82, 2.24) is 5.48 Å². The average molecular weight is 147 g/mol. The number of nitrogens with one attached hydrogen (secondary N) is 1. The van der Waals surface area contributed by atoms with Crippen molar-refractivity contribution in [1.29, 1.82) is 0 Å². The molecule has 0 atom stereocenters. The summed E-state index contributed by atoms with van der Waals surface area (Å²) in [6.45, 7) is 4.33. The van der Waals surface area contributed by atoms with Crippen molar-refractivity contribution in [3.05, 3.63) is 0 Å². The number of rotatable bonds is 3. The third kappa shape index (κ3) is 5.37. The van der Waals surface area contributed by atoms with E-state index in [1.54, 1.807) is 0 Å². The Morgan fingerprint density at radius 1 is 1.60 bits per heavy atom. The summed E-state index contributed by atoms with van der Waals surface area (Å²) in [7, 11) is 1.36. The number of carbonyl (C=O) groups is 1. The van der Waals surface area contributed by atoms with Gasteiger partial charge in [-0.2, -0.15) is 5.48 Å². The van der Waals surface area contributed by atoms with Crippen molar-refractivity contribution >= 4 is 6.09 Å². The fourth-order valence-electron chi connectivity index (χ4n) is 0.355. The number of amides is 1. The molecule has 1 N–H and O–H groups in total. The number of ether oxygens (including phenoxy) is 1. The highest BCUT2D eigenvalue weighted by Crippen LogP contribution is 1.91. The van der Waals surface area contributed by atoms with Gasteiger partial charge in [0.05, 0.1) is 13.7 Å². The lowest BCUT2D eigenvalue weighted by molar-refractivity contribution is 0.0534.